The fourth-order valence-electron chi connectivity index (χ4n) is 3.22. The molecule has 0 fully saturated rings. The summed E-state index contributed by atoms with van der Waals surface area (Å²) in [5.74, 6) is -0.168. The van der Waals surface area contributed by atoms with Crippen molar-refractivity contribution in [3.63, 3.8) is 0 Å². The Hall–Kier alpha value is -2.82. The number of pyridine rings is 1. The molecule has 1 aromatic heterocycles. The van der Waals surface area contributed by atoms with Crippen molar-refractivity contribution in [2.24, 2.45) is 0 Å². The second kappa shape index (κ2) is 12.6. The lowest BCUT2D eigenvalue weighted by atomic mass is 10.1. The van der Waals surface area contributed by atoms with Crippen LogP contribution in [0.2, 0.25) is 0 Å². The van der Waals surface area contributed by atoms with E-state index in [1.165, 1.54) is 75.3 Å². The first-order valence-electron chi connectivity index (χ1n) is 10.6. The molecule has 2 rings (SSSR count). The highest BCUT2D eigenvalue weighted by Crippen LogP contribution is 2.13. The Kier molecular flexibility index (Phi) is 9.76. The Morgan fingerprint density at radius 1 is 1.00 bits per heavy atom. The van der Waals surface area contributed by atoms with Gasteiger partial charge in [0.25, 0.3) is 5.69 Å². The molecule has 2 aromatic rings. The third-order valence-corrected chi connectivity index (χ3v) is 4.94. The van der Waals surface area contributed by atoms with Crippen LogP contribution >= 0.6 is 0 Å². The molecular formula is C24H31N2O3+. The van der Waals surface area contributed by atoms with Crippen LogP contribution in [0.3, 0.4) is 0 Å². The number of hydrogen-bond acceptors (Lipinski definition) is 3. The zero-order valence-corrected chi connectivity index (χ0v) is 17.3. The van der Waals surface area contributed by atoms with Crippen molar-refractivity contribution >= 4 is 17.5 Å². The summed E-state index contributed by atoms with van der Waals surface area (Å²) in [7, 11) is 0. The molecular weight excluding hydrogens is 364 g/mol. The number of carbonyl (C=O) groups excluding carboxylic acids is 1. The van der Waals surface area contributed by atoms with E-state index in [0.29, 0.717) is 5.56 Å². The largest absolute Gasteiger partial charge is 0.289 e. The highest BCUT2D eigenvalue weighted by atomic mass is 16.6. The summed E-state index contributed by atoms with van der Waals surface area (Å²) < 4.78 is 2.16. The van der Waals surface area contributed by atoms with Crippen LogP contribution in [0.25, 0.3) is 6.08 Å². The topological polar surface area (TPSA) is 64.1 Å². The zero-order chi connectivity index (χ0) is 20.9. The molecule has 0 saturated heterocycles. The lowest BCUT2D eigenvalue weighted by molar-refractivity contribution is -0.697. The molecule has 154 valence electrons. The molecule has 0 aliphatic rings. The van der Waals surface area contributed by atoms with Crippen molar-refractivity contribution in [1.82, 2.24) is 0 Å². The van der Waals surface area contributed by atoms with Gasteiger partial charge in [-0.25, -0.2) is 4.57 Å². The highest BCUT2D eigenvalue weighted by Gasteiger charge is 2.07. The van der Waals surface area contributed by atoms with Crippen LogP contribution in [-0.4, -0.2) is 10.7 Å². The molecule has 0 bridgehead atoms. The average Bonchev–Trinajstić information content (AvgIpc) is 2.74. The molecule has 1 aromatic carbocycles. The molecule has 0 radical (unpaired) electrons. The summed E-state index contributed by atoms with van der Waals surface area (Å²) >= 11 is 0. The quantitative estimate of drug-likeness (QED) is 0.106. The number of carbonyl (C=O) groups is 1. The molecule has 0 saturated carbocycles. The summed E-state index contributed by atoms with van der Waals surface area (Å²) in [6, 6.07) is 9.61. The van der Waals surface area contributed by atoms with Gasteiger partial charge in [0, 0.05) is 35.7 Å². The molecule has 0 atom stereocenters. The van der Waals surface area contributed by atoms with Crippen LogP contribution in [0.4, 0.5) is 5.69 Å². The van der Waals surface area contributed by atoms with Gasteiger partial charge in [-0.2, -0.15) is 0 Å². The Bertz CT molecular complexity index is 813. The Balaban J connectivity index is 1.79. The average molecular weight is 396 g/mol. The molecule has 0 unspecified atom stereocenters. The molecule has 5 nitrogen and oxygen atoms in total. The van der Waals surface area contributed by atoms with Crippen LogP contribution in [0, 0.1) is 10.1 Å². The van der Waals surface area contributed by atoms with E-state index in [0.717, 1.165) is 18.5 Å². The van der Waals surface area contributed by atoms with Gasteiger partial charge in [-0.1, -0.05) is 45.4 Å². The number of nitro benzene ring substituents is 1. The predicted molar refractivity (Wildman–Crippen MR) is 116 cm³/mol. The third-order valence-electron chi connectivity index (χ3n) is 4.94. The van der Waals surface area contributed by atoms with E-state index in [2.05, 4.69) is 17.7 Å². The van der Waals surface area contributed by atoms with E-state index >= 15 is 0 Å². The normalized spacial score (nSPS) is 11.1. The number of non-ortho nitro benzene ring substituents is 1. The first kappa shape index (κ1) is 22.5. The van der Waals surface area contributed by atoms with Crippen LogP contribution in [0.1, 0.15) is 74.2 Å². The zero-order valence-electron chi connectivity index (χ0n) is 17.3. The van der Waals surface area contributed by atoms with Gasteiger partial charge in [0.15, 0.2) is 18.2 Å². The fraction of sp³-hybridized carbons (Fsp3) is 0.417. The van der Waals surface area contributed by atoms with Gasteiger partial charge >= 0.3 is 0 Å². The van der Waals surface area contributed by atoms with E-state index in [9.17, 15) is 14.9 Å². The maximum atomic E-state index is 12.3. The van der Waals surface area contributed by atoms with Crippen LogP contribution in [0.15, 0.2) is 54.9 Å². The number of rotatable bonds is 13. The minimum atomic E-state index is -0.473. The number of aryl methyl sites for hydroxylation is 1. The van der Waals surface area contributed by atoms with Gasteiger partial charge in [0.05, 0.1) is 4.92 Å². The van der Waals surface area contributed by atoms with Crippen molar-refractivity contribution < 1.29 is 14.3 Å². The van der Waals surface area contributed by atoms with E-state index in [-0.39, 0.29) is 11.5 Å². The number of ketones is 1. The van der Waals surface area contributed by atoms with Gasteiger partial charge < -0.3 is 0 Å². The highest BCUT2D eigenvalue weighted by molar-refractivity contribution is 6.06. The SMILES string of the molecule is CCCCCCCCCC[n+]1cccc(/C=C/C(=O)c2ccc([N+](=O)[O-])cc2)c1. The number of hydrogen-bond donors (Lipinski definition) is 0. The number of allylic oxidation sites excluding steroid dienone is 1. The van der Waals surface area contributed by atoms with Gasteiger partial charge in [-0.05, 0) is 36.8 Å². The van der Waals surface area contributed by atoms with E-state index in [4.69, 9.17) is 0 Å². The van der Waals surface area contributed by atoms with E-state index in [1.54, 1.807) is 6.08 Å². The van der Waals surface area contributed by atoms with Crippen molar-refractivity contribution in [1.29, 1.82) is 0 Å². The fourth-order valence-corrected chi connectivity index (χ4v) is 3.22. The summed E-state index contributed by atoms with van der Waals surface area (Å²) in [5, 5.41) is 10.7. The van der Waals surface area contributed by atoms with E-state index < -0.39 is 4.92 Å². The lowest BCUT2D eigenvalue weighted by Crippen LogP contribution is -2.32. The molecule has 1 heterocycles. The van der Waals surface area contributed by atoms with Crippen molar-refractivity contribution in [3.8, 4) is 0 Å². The first-order valence-corrected chi connectivity index (χ1v) is 10.6. The summed E-state index contributed by atoms with van der Waals surface area (Å²) in [6.45, 7) is 3.22. The van der Waals surface area contributed by atoms with Gasteiger partial charge in [-0.3, -0.25) is 14.9 Å². The summed E-state index contributed by atoms with van der Waals surface area (Å²) in [5.41, 5.74) is 1.38. The molecule has 0 aliphatic carbocycles. The molecule has 29 heavy (non-hydrogen) atoms. The Morgan fingerprint density at radius 3 is 2.31 bits per heavy atom. The lowest BCUT2D eigenvalue weighted by Gasteiger charge is -2.01. The number of nitro groups is 1. The standard InChI is InChI=1S/C24H31N2O3/c1-2-3-4-5-6-7-8-9-18-25-19-10-11-21(20-25)12-17-24(27)22-13-15-23(16-14-22)26(28)29/h10-17,19-20H,2-9,18H2,1H3/q+1/b17-12+. The van der Waals surface area contributed by atoms with Crippen LogP contribution < -0.4 is 4.57 Å². The summed E-state index contributed by atoms with van der Waals surface area (Å²) in [6.07, 6.45) is 17.8. The van der Waals surface area contributed by atoms with Crippen molar-refractivity contribution in [2.45, 2.75) is 64.8 Å². The van der Waals surface area contributed by atoms with Crippen molar-refractivity contribution in [2.75, 3.05) is 0 Å². The number of unbranched alkanes of at least 4 members (excludes halogenated alkanes) is 7. The van der Waals surface area contributed by atoms with Crippen LogP contribution in [0.5, 0.6) is 0 Å². The molecule has 0 N–H and O–H groups in total. The molecule has 0 spiro atoms. The third kappa shape index (κ3) is 8.38. The first-order chi connectivity index (χ1) is 14.1. The second-order valence-corrected chi connectivity index (χ2v) is 7.35. The maximum absolute atomic E-state index is 12.3. The summed E-state index contributed by atoms with van der Waals surface area (Å²) in [4.78, 5) is 22.5. The minimum absolute atomic E-state index is 0.0180. The maximum Gasteiger partial charge on any atom is 0.269 e. The monoisotopic (exact) mass is 395 g/mol. The van der Waals surface area contributed by atoms with Gasteiger partial charge in [0.2, 0.25) is 0 Å². The number of nitrogens with zero attached hydrogens (tertiary/aromatic N) is 2. The van der Waals surface area contributed by atoms with Gasteiger partial charge in [-0.15, -0.1) is 0 Å². The second-order valence-electron chi connectivity index (χ2n) is 7.35. The minimum Gasteiger partial charge on any atom is -0.289 e. The van der Waals surface area contributed by atoms with E-state index in [1.807, 2.05) is 18.3 Å². The Labute approximate surface area is 173 Å². The van der Waals surface area contributed by atoms with Crippen LogP contribution in [-0.2, 0) is 6.54 Å². The Morgan fingerprint density at radius 2 is 1.66 bits per heavy atom. The molecule has 0 amide bonds. The predicted octanol–water partition coefficient (Wildman–Crippen LogP) is 5.92. The number of aromatic nitrogens is 1. The number of benzene rings is 1. The smallest absolute Gasteiger partial charge is 0.269 e. The van der Waals surface area contributed by atoms with Gasteiger partial charge in [0.1, 0.15) is 6.54 Å². The molecule has 5 heteroatoms. The van der Waals surface area contributed by atoms with Crippen molar-refractivity contribution in [3.05, 3.63) is 76.1 Å². The molecule has 0 aliphatic heterocycles.